The van der Waals surface area contributed by atoms with Crippen LogP contribution < -0.4 is 15.4 Å². The minimum Gasteiger partial charge on any atom is -0.487 e. The maximum Gasteiger partial charge on any atom is 0.191 e. The molecule has 4 rings (SSSR count). The van der Waals surface area contributed by atoms with Crippen molar-refractivity contribution in [1.29, 1.82) is 0 Å². The van der Waals surface area contributed by atoms with Crippen LogP contribution in [0.1, 0.15) is 55.4 Å². The normalized spacial score (nSPS) is 21.2. The molecular weight excluding hydrogens is 533 g/mol. The van der Waals surface area contributed by atoms with Crippen molar-refractivity contribution < 1.29 is 4.74 Å². The largest absolute Gasteiger partial charge is 0.487 e. The highest BCUT2D eigenvalue weighted by Gasteiger charge is 2.34. The molecule has 0 saturated carbocycles. The second kappa shape index (κ2) is 11.2. The van der Waals surface area contributed by atoms with Crippen LogP contribution in [-0.2, 0) is 6.54 Å². The van der Waals surface area contributed by atoms with Crippen molar-refractivity contribution in [2.75, 3.05) is 26.7 Å². The maximum atomic E-state index is 6.17. The van der Waals surface area contributed by atoms with Gasteiger partial charge in [0.1, 0.15) is 11.4 Å². The van der Waals surface area contributed by atoms with Crippen molar-refractivity contribution in [3.63, 3.8) is 0 Å². The Morgan fingerprint density at radius 2 is 2.03 bits per heavy atom. The number of fused-ring (bicyclic) bond motifs is 1. The van der Waals surface area contributed by atoms with Gasteiger partial charge >= 0.3 is 0 Å². The highest BCUT2D eigenvalue weighted by atomic mass is 127. The van der Waals surface area contributed by atoms with E-state index in [9.17, 15) is 0 Å². The van der Waals surface area contributed by atoms with Crippen LogP contribution in [0.25, 0.3) is 0 Å². The molecule has 2 aromatic rings. The number of nitrogens with one attached hydrogen (secondary N) is 2. The zero-order chi connectivity index (χ0) is 21.8. The van der Waals surface area contributed by atoms with Gasteiger partial charge in [-0.15, -0.1) is 35.3 Å². The van der Waals surface area contributed by atoms with Gasteiger partial charge in [0.15, 0.2) is 5.96 Å². The second-order valence-electron chi connectivity index (χ2n) is 9.33. The SMILES string of the molecule is CN=C(NCC1CCN(Cc2csc(C)n2)CC1)NC1CC(C)(C)Oc2ccccc21.I. The summed E-state index contributed by atoms with van der Waals surface area (Å²) in [6, 6.07) is 8.50. The van der Waals surface area contributed by atoms with Gasteiger partial charge in [0, 0.05) is 37.5 Å². The van der Waals surface area contributed by atoms with Gasteiger partial charge in [-0.2, -0.15) is 0 Å². The number of nitrogens with zero attached hydrogens (tertiary/aromatic N) is 3. The first-order valence-electron chi connectivity index (χ1n) is 11.3. The van der Waals surface area contributed by atoms with Gasteiger partial charge in [0.2, 0.25) is 0 Å². The van der Waals surface area contributed by atoms with Crippen molar-refractivity contribution in [1.82, 2.24) is 20.5 Å². The number of para-hydroxylation sites is 1. The van der Waals surface area contributed by atoms with Gasteiger partial charge in [0.25, 0.3) is 0 Å². The first kappa shape index (κ1) is 25.2. The summed E-state index contributed by atoms with van der Waals surface area (Å²) in [5, 5.41) is 10.6. The molecule has 0 radical (unpaired) electrons. The molecule has 1 unspecified atom stereocenters. The molecule has 2 aliphatic rings. The second-order valence-corrected chi connectivity index (χ2v) is 10.4. The molecular formula is C24H36IN5OS. The van der Waals surface area contributed by atoms with Gasteiger partial charge in [0.05, 0.1) is 16.7 Å². The van der Waals surface area contributed by atoms with Gasteiger partial charge in [-0.25, -0.2) is 4.98 Å². The molecule has 0 bridgehead atoms. The summed E-state index contributed by atoms with van der Waals surface area (Å²) in [5.74, 6) is 2.51. The Morgan fingerprint density at radius 1 is 1.28 bits per heavy atom. The standard InChI is InChI=1S/C24H35N5OS.HI/c1-17-27-19(16-31-17)15-29-11-9-18(10-12-29)14-26-23(25-4)28-21-13-24(2,3)30-22-8-6-5-7-20(21)22;/h5-8,16,18,21H,9-15H2,1-4H3,(H2,25,26,28);1H. The molecule has 2 aliphatic heterocycles. The molecule has 176 valence electrons. The van der Waals surface area contributed by atoms with Crippen LogP contribution >= 0.6 is 35.3 Å². The van der Waals surface area contributed by atoms with E-state index < -0.39 is 0 Å². The van der Waals surface area contributed by atoms with Crippen LogP contribution in [0, 0.1) is 12.8 Å². The van der Waals surface area contributed by atoms with Gasteiger partial charge in [-0.1, -0.05) is 18.2 Å². The van der Waals surface area contributed by atoms with Gasteiger partial charge < -0.3 is 15.4 Å². The molecule has 1 aromatic carbocycles. The van der Waals surface area contributed by atoms with Gasteiger partial charge in [-0.3, -0.25) is 9.89 Å². The quantitative estimate of drug-likeness (QED) is 0.309. The monoisotopic (exact) mass is 569 g/mol. The summed E-state index contributed by atoms with van der Waals surface area (Å²) in [4.78, 5) is 11.6. The number of halogens is 1. The molecule has 6 nitrogen and oxygen atoms in total. The lowest BCUT2D eigenvalue weighted by atomic mass is 9.90. The van der Waals surface area contributed by atoms with E-state index in [-0.39, 0.29) is 35.6 Å². The summed E-state index contributed by atoms with van der Waals surface area (Å²) in [6.07, 6.45) is 3.32. The lowest BCUT2D eigenvalue weighted by Gasteiger charge is -2.38. The number of guanidine groups is 1. The van der Waals surface area contributed by atoms with E-state index in [1.807, 2.05) is 13.1 Å². The number of thiazole rings is 1. The van der Waals surface area contributed by atoms with Crippen molar-refractivity contribution >= 4 is 41.3 Å². The zero-order valence-electron chi connectivity index (χ0n) is 19.6. The molecule has 0 aliphatic carbocycles. The predicted octanol–water partition coefficient (Wildman–Crippen LogP) is 4.75. The van der Waals surface area contributed by atoms with Crippen LogP contribution in [0.3, 0.4) is 0 Å². The fourth-order valence-corrected chi connectivity index (χ4v) is 5.19. The number of aromatic nitrogens is 1. The van der Waals surface area contributed by atoms with E-state index in [0.29, 0.717) is 5.92 Å². The Morgan fingerprint density at radius 3 is 2.72 bits per heavy atom. The summed E-state index contributed by atoms with van der Waals surface area (Å²) < 4.78 is 6.17. The van der Waals surface area contributed by atoms with E-state index in [4.69, 9.17) is 4.74 Å². The average Bonchev–Trinajstić information content (AvgIpc) is 3.15. The van der Waals surface area contributed by atoms with Crippen molar-refractivity contribution in [2.24, 2.45) is 10.9 Å². The Balaban J connectivity index is 0.00000289. The van der Waals surface area contributed by atoms with Gasteiger partial charge in [-0.05, 0) is 58.7 Å². The summed E-state index contributed by atoms with van der Waals surface area (Å²) in [5.41, 5.74) is 2.21. The minimum atomic E-state index is -0.201. The van der Waals surface area contributed by atoms with Crippen LogP contribution in [0.2, 0.25) is 0 Å². The van der Waals surface area contributed by atoms with Crippen LogP contribution in [0.15, 0.2) is 34.6 Å². The number of ether oxygens (including phenoxy) is 1. The Bertz CT molecular complexity index is 907. The number of aryl methyl sites for hydroxylation is 1. The summed E-state index contributed by atoms with van der Waals surface area (Å²) >= 11 is 1.74. The zero-order valence-corrected chi connectivity index (χ0v) is 22.7. The van der Waals surface area contributed by atoms with Crippen LogP contribution in [-0.4, -0.2) is 48.1 Å². The van der Waals surface area contributed by atoms with E-state index >= 15 is 0 Å². The third-order valence-corrected chi connectivity index (χ3v) is 7.05. The van der Waals surface area contributed by atoms with E-state index in [1.54, 1.807) is 11.3 Å². The Labute approximate surface area is 213 Å². The summed E-state index contributed by atoms with van der Waals surface area (Å²) in [7, 11) is 1.85. The number of likely N-dealkylation sites (tertiary alicyclic amines) is 1. The average molecular weight is 570 g/mol. The van der Waals surface area contributed by atoms with E-state index in [0.717, 1.165) is 49.3 Å². The highest BCUT2D eigenvalue weighted by molar-refractivity contribution is 14.0. The molecule has 1 fully saturated rings. The number of benzene rings is 1. The molecule has 1 atom stereocenters. The topological polar surface area (TPSA) is 61.8 Å². The summed E-state index contributed by atoms with van der Waals surface area (Å²) in [6.45, 7) is 10.6. The minimum absolute atomic E-state index is 0. The van der Waals surface area contributed by atoms with E-state index in [1.165, 1.54) is 24.1 Å². The van der Waals surface area contributed by atoms with Crippen LogP contribution in [0.5, 0.6) is 5.75 Å². The molecule has 0 spiro atoms. The number of piperidine rings is 1. The van der Waals surface area contributed by atoms with Crippen LogP contribution in [0.4, 0.5) is 0 Å². The molecule has 0 amide bonds. The molecule has 8 heteroatoms. The third kappa shape index (κ3) is 6.57. The third-order valence-electron chi connectivity index (χ3n) is 6.23. The van der Waals surface area contributed by atoms with Crippen molar-refractivity contribution in [3.8, 4) is 5.75 Å². The number of aliphatic imine (C=N–C) groups is 1. The molecule has 32 heavy (non-hydrogen) atoms. The predicted molar refractivity (Wildman–Crippen MR) is 143 cm³/mol. The van der Waals surface area contributed by atoms with Crippen molar-refractivity contribution in [2.45, 2.75) is 58.2 Å². The number of rotatable bonds is 5. The lowest BCUT2D eigenvalue weighted by Crippen LogP contribution is -2.47. The Hall–Kier alpha value is -1.39. The number of hydrogen-bond acceptors (Lipinski definition) is 5. The lowest BCUT2D eigenvalue weighted by molar-refractivity contribution is 0.0693. The molecule has 3 heterocycles. The number of hydrogen-bond donors (Lipinski definition) is 2. The molecule has 2 N–H and O–H groups in total. The molecule has 1 saturated heterocycles. The van der Waals surface area contributed by atoms with Crippen molar-refractivity contribution in [3.05, 3.63) is 45.9 Å². The first-order chi connectivity index (χ1) is 14.9. The highest BCUT2D eigenvalue weighted by Crippen LogP contribution is 2.39. The fraction of sp³-hybridized carbons (Fsp3) is 0.583. The smallest absolute Gasteiger partial charge is 0.191 e. The maximum absolute atomic E-state index is 6.17. The van der Waals surface area contributed by atoms with E-state index in [2.05, 4.69) is 69.9 Å². The fourth-order valence-electron chi connectivity index (χ4n) is 4.59. The Kier molecular flexibility index (Phi) is 8.80. The first-order valence-corrected chi connectivity index (χ1v) is 12.2. The molecule has 1 aromatic heterocycles.